The van der Waals surface area contributed by atoms with Crippen LogP contribution in [0.2, 0.25) is 5.02 Å². The van der Waals surface area contributed by atoms with Crippen LogP contribution in [0.4, 0.5) is 5.69 Å². The summed E-state index contributed by atoms with van der Waals surface area (Å²) in [5.41, 5.74) is 0.668. The van der Waals surface area contributed by atoms with Crippen LogP contribution < -0.4 is 10.6 Å². The van der Waals surface area contributed by atoms with Crippen LogP contribution in [0.5, 0.6) is 0 Å². The Morgan fingerprint density at radius 3 is 2.45 bits per heavy atom. The van der Waals surface area contributed by atoms with Crippen LogP contribution >= 0.6 is 11.6 Å². The van der Waals surface area contributed by atoms with E-state index in [9.17, 15) is 9.59 Å². The molecule has 2 amide bonds. The summed E-state index contributed by atoms with van der Waals surface area (Å²) in [5, 5.41) is 6.37. The van der Waals surface area contributed by atoms with E-state index < -0.39 is 0 Å². The topological polar surface area (TPSA) is 61.4 Å². The molecule has 122 valence electrons. The number of anilines is 1. The van der Waals surface area contributed by atoms with Gasteiger partial charge < -0.3 is 15.5 Å². The lowest BCUT2D eigenvalue weighted by atomic mass is 10.1. The number of nitrogens with zero attached hydrogens (tertiary/aromatic N) is 1. The molecule has 1 rings (SSSR count). The molecule has 5 nitrogen and oxygen atoms in total. The van der Waals surface area contributed by atoms with Crippen molar-refractivity contribution < 1.29 is 9.59 Å². The Morgan fingerprint density at radius 2 is 1.91 bits per heavy atom. The fourth-order valence-corrected chi connectivity index (χ4v) is 2.28. The second-order valence-corrected chi connectivity index (χ2v) is 5.71. The number of nitrogens with one attached hydrogen (secondary N) is 2. The molecule has 0 saturated heterocycles. The van der Waals surface area contributed by atoms with E-state index in [0.29, 0.717) is 23.8 Å². The Hall–Kier alpha value is -1.59. The molecule has 0 saturated carbocycles. The summed E-state index contributed by atoms with van der Waals surface area (Å²) in [6.45, 7) is 5.07. The van der Waals surface area contributed by atoms with Crippen LogP contribution in [0.25, 0.3) is 0 Å². The maximum Gasteiger partial charge on any atom is 0.243 e. The van der Waals surface area contributed by atoms with E-state index in [1.807, 2.05) is 13.8 Å². The van der Waals surface area contributed by atoms with Crippen molar-refractivity contribution in [1.29, 1.82) is 0 Å². The fourth-order valence-electron chi connectivity index (χ4n) is 2.15. The third-order valence-electron chi connectivity index (χ3n) is 3.20. The Kier molecular flexibility index (Phi) is 7.91. The molecular weight excluding hydrogens is 302 g/mol. The zero-order valence-corrected chi connectivity index (χ0v) is 14.1. The van der Waals surface area contributed by atoms with Crippen molar-refractivity contribution in [3.8, 4) is 0 Å². The lowest BCUT2D eigenvalue weighted by Gasteiger charge is -2.25. The smallest absolute Gasteiger partial charge is 0.243 e. The highest BCUT2D eigenvalue weighted by Gasteiger charge is 2.21. The van der Waals surface area contributed by atoms with E-state index >= 15 is 0 Å². The van der Waals surface area contributed by atoms with Crippen LogP contribution in [0, 0.1) is 5.92 Å². The fraction of sp³-hybridized carbons (Fsp3) is 0.500. The molecule has 2 N–H and O–H groups in total. The van der Waals surface area contributed by atoms with E-state index in [0.717, 1.165) is 6.42 Å². The molecular formula is C16H24ClN3O2. The molecule has 0 aromatic heterocycles. The molecule has 0 aliphatic rings. The lowest BCUT2D eigenvalue weighted by molar-refractivity contribution is -0.137. The van der Waals surface area contributed by atoms with Crippen LogP contribution in [0.1, 0.15) is 20.3 Å². The Bertz CT molecular complexity index is 491. The predicted octanol–water partition coefficient (Wildman–Crippen LogP) is 2.37. The van der Waals surface area contributed by atoms with Crippen LogP contribution in [0.15, 0.2) is 24.3 Å². The van der Waals surface area contributed by atoms with E-state index in [4.69, 9.17) is 11.6 Å². The highest BCUT2D eigenvalue weighted by Crippen LogP contribution is 2.13. The average Bonchev–Trinajstić information content (AvgIpc) is 2.48. The van der Waals surface area contributed by atoms with Gasteiger partial charge in [0.25, 0.3) is 0 Å². The van der Waals surface area contributed by atoms with Gasteiger partial charge >= 0.3 is 0 Å². The molecule has 0 radical (unpaired) electrons. The van der Waals surface area contributed by atoms with Gasteiger partial charge in [-0.3, -0.25) is 9.59 Å². The van der Waals surface area contributed by atoms with Gasteiger partial charge in [0.2, 0.25) is 11.8 Å². The first-order valence-electron chi connectivity index (χ1n) is 7.46. The summed E-state index contributed by atoms with van der Waals surface area (Å²) in [6, 6.07) is 6.88. The number of carbonyl (C=O) groups is 2. The predicted molar refractivity (Wildman–Crippen MR) is 90.0 cm³/mol. The van der Waals surface area contributed by atoms with Gasteiger partial charge in [-0.25, -0.2) is 0 Å². The van der Waals surface area contributed by atoms with Crippen molar-refractivity contribution in [1.82, 2.24) is 10.2 Å². The monoisotopic (exact) mass is 325 g/mol. The van der Waals surface area contributed by atoms with Crippen LogP contribution in [-0.4, -0.2) is 43.4 Å². The Balaban J connectivity index is 2.63. The highest BCUT2D eigenvalue weighted by atomic mass is 35.5. The first-order chi connectivity index (χ1) is 10.5. The van der Waals surface area contributed by atoms with Crippen LogP contribution in [0.3, 0.4) is 0 Å². The van der Waals surface area contributed by atoms with Crippen LogP contribution in [-0.2, 0) is 9.59 Å². The normalized spacial score (nSPS) is 11.8. The van der Waals surface area contributed by atoms with Gasteiger partial charge in [-0.05, 0) is 37.7 Å². The number of amides is 2. The molecule has 0 aliphatic heterocycles. The van der Waals surface area contributed by atoms with Crippen molar-refractivity contribution in [3.05, 3.63) is 29.3 Å². The summed E-state index contributed by atoms with van der Waals surface area (Å²) >= 11 is 5.81. The summed E-state index contributed by atoms with van der Waals surface area (Å²) in [6.07, 6.45) is 0.812. The van der Waals surface area contributed by atoms with E-state index in [1.54, 1.807) is 36.2 Å². The Labute approximate surface area is 137 Å². The van der Waals surface area contributed by atoms with Gasteiger partial charge in [0.05, 0.1) is 6.54 Å². The van der Waals surface area contributed by atoms with Gasteiger partial charge in [0, 0.05) is 29.7 Å². The van der Waals surface area contributed by atoms with Gasteiger partial charge in [-0.15, -0.1) is 0 Å². The van der Waals surface area contributed by atoms with Gasteiger partial charge in [0.15, 0.2) is 0 Å². The van der Waals surface area contributed by atoms with Crippen molar-refractivity contribution in [2.75, 3.05) is 32.0 Å². The van der Waals surface area contributed by atoms with Crippen molar-refractivity contribution >= 4 is 29.1 Å². The van der Waals surface area contributed by atoms with Crippen molar-refractivity contribution in [2.45, 2.75) is 20.3 Å². The molecule has 0 heterocycles. The largest absolute Gasteiger partial charge is 0.333 e. The minimum absolute atomic E-state index is 0.0116. The second kappa shape index (κ2) is 9.43. The van der Waals surface area contributed by atoms with E-state index in [-0.39, 0.29) is 24.3 Å². The van der Waals surface area contributed by atoms with Gasteiger partial charge in [-0.2, -0.15) is 0 Å². The minimum atomic E-state index is -0.208. The number of hydrogen-bond donors (Lipinski definition) is 2. The van der Waals surface area contributed by atoms with Crippen molar-refractivity contribution in [2.24, 2.45) is 5.92 Å². The molecule has 1 atom stereocenters. The Morgan fingerprint density at radius 1 is 1.27 bits per heavy atom. The number of rotatable bonds is 8. The van der Waals surface area contributed by atoms with Crippen molar-refractivity contribution in [3.63, 3.8) is 0 Å². The number of halogens is 1. The maximum absolute atomic E-state index is 12.3. The maximum atomic E-state index is 12.3. The number of carbonyl (C=O) groups excluding carboxylic acids is 2. The SMILES string of the molecule is CCCN(CC(=O)Nc1ccc(Cl)cc1)C(=O)C(C)CNC. The van der Waals surface area contributed by atoms with Gasteiger partial charge in [-0.1, -0.05) is 25.4 Å². The molecule has 22 heavy (non-hydrogen) atoms. The first-order valence-corrected chi connectivity index (χ1v) is 7.84. The second-order valence-electron chi connectivity index (χ2n) is 5.27. The highest BCUT2D eigenvalue weighted by molar-refractivity contribution is 6.30. The minimum Gasteiger partial charge on any atom is -0.333 e. The van der Waals surface area contributed by atoms with E-state index in [2.05, 4.69) is 10.6 Å². The average molecular weight is 326 g/mol. The zero-order chi connectivity index (χ0) is 16.5. The zero-order valence-electron chi connectivity index (χ0n) is 13.4. The third-order valence-corrected chi connectivity index (χ3v) is 3.45. The molecule has 1 aromatic carbocycles. The molecule has 0 bridgehead atoms. The number of hydrogen-bond acceptors (Lipinski definition) is 3. The standard InChI is InChI=1S/C16H24ClN3O2/c1-4-9-20(16(22)12(2)10-18-3)11-15(21)19-14-7-5-13(17)6-8-14/h5-8,12,18H,4,9-11H2,1-3H3,(H,19,21). The van der Waals surface area contributed by atoms with Gasteiger partial charge in [0.1, 0.15) is 0 Å². The molecule has 1 unspecified atom stereocenters. The third kappa shape index (κ3) is 6.03. The molecule has 6 heteroatoms. The molecule has 0 fully saturated rings. The molecule has 0 aliphatic carbocycles. The first kappa shape index (κ1) is 18.5. The summed E-state index contributed by atoms with van der Waals surface area (Å²) in [5.74, 6) is -0.372. The summed E-state index contributed by atoms with van der Waals surface area (Å²) in [4.78, 5) is 26.1. The molecule has 0 spiro atoms. The molecule has 1 aromatic rings. The van der Waals surface area contributed by atoms with E-state index in [1.165, 1.54) is 0 Å². The summed E-state index contributed by atoms with van der Waals surface area (Å²) in [7, 11) is 1.81. The summed E-state index contributed by atoms with van der Waals surface area (Å²) < 4.78 is 0. The lowest BCUT2D eigenvalue weighted by Crippen LogP contribution is -2.43. The quantitative estimate of drug-likeness (QED) is 0.771. The number of benzene rings is 1.